The van der Waals surface area contributed by atoms with Gasteiger partial charge >= 0.3 is 5.97 Å². The quantitative estimate of drug-likeness (QED) is 0.715. The van der Waals surface area contributed by atoms with E-state index in [-0.39, 0.29) is 5.69 Å². The number of rotatable bonds is 2. The van der Waals surface area contributed by atoms with Crippen LogP contribution in [0.15, 0.2) is 30.7 Å². The number of nitrogens with one attached hydrogen (secondary N) is 1. The first kappa shape index (κ1) is 10.5. The maximum atomic E-state index is 11.3. The third-order valence-electron chi connectivity index (χ3n) is 2.89. The zero-order valence-corrected chi connectivity index (χ0v) is 9.58. The van der Waals surface area contributed by atoms with Gasteiger partial charge in [0.05, 0.1) is 6.20 Å². The minimum absolute atomic E-state index is 0.170. The number of carboxylic acids is 1. The molecule has 0 saturated heterocycles. The highest BCUT2D eigenvalue weighted by atomic mass is 16.4. The van der Waals surface area contributed by atoms with Crippen LogP contribution in [0.5, 0.6) is 0 Å². The van der Waals surface area contributed by atoms with Crippen molar-refractivity contribution in [3.63, 3.8) is 0 Å². The van der Waals surface area contributed by atoms with Gasteiger partial charge in [-0.3, -0.25) is 4.68 Å². The summed E-state index contributed by atoms with van der Waals surface area (Å²) in [7, 11) is 1.61. The number of pyridine rings is 1. The number of aryl methyl sites for hydroxylation is 1. The molecular formula is C12H10N4O2. The summed E-state index contributed by atoms with van der Waals surface area (Å²) >= 11 is 0. The van der Waals surface area contributed by atoms with Crippen LogP contribution in [0.2, 0.25) is 0 Å². The maximum absolute atomic E-state index is 11.3. The molecule has 6 heteroatoms. The molecule has 3 rings (SSSR count). The predicted octanol–water partition coefficient (Wildman–Crippen LogP) is 1.66. The van der Waals surface area contributed by atoms with Gasteiger partial charge < -0.3 is 10.1 Å². The van der Waals surface area contributed by atoms with Gasteiger partial charge in [0.15, 0.2) is 5.69 Å². The van der Waals surface area contributed by atoms with Crippen LogP contribution in [0.25, 0.3) is 22.2 Å². The molecule has 0 unspecified atom stereocenters. The maximum Gasteiger partial charge on any atom is 0.354 e. The van der Waals surface area contributed by atoms with Gasteiger partial charge in [-0.15, -0.1) is 0 Å². The summed E-state index contributed by atoms with van der Waals surface area (Å²) in [5.74, 6) is -0.995. The highest BCUT2D eigenvalue weighted by Crippen LogP contribution is 2.29. The highest BCUT2D eigenvalue weighted by molar-refractivity contribution is 6.00. The molecule has 3 aromatic rings. The Balaban J connectivity index is 2.33. The van der Waals surface area contributed by atoms with Crippen LogP contribution in [0.1, 0.15) is 10.5 Å². The van der Waals surface area contributed by atoms with Crippen LogP contribution >= 0.6 is 0 Å². The summed E-state index contributed by atoms with van der Waals surface area (Å²) in [6.45, 7) is 0. The predicted molar refractivity (Wildman–Crippen MR) is 65.3 cm³/mol. The van der Waals surface area contributed by atoms with Crippen molar-refractivity contribution in [3.05, 3.63) is 36.4 Å². The lowest BCUT2D eigenvalue weighted by molar-refractivity contribution is 0.0686. The van der Waals surface area contributed by atoms with E-state index in [1.165, 1.54) is 4.68 Å². The van der Waals surface area contributed by atoms with Crippen molar-refractivity contribution in [1.29, 1.82) is 0 Å². The summed E-state index contributed by atoms with van der Waals surface area (Å²) in [5, 5.41) is 14.1. The fraction of sp³-hybridized carbons (Fsp3) is 0.0833. The summed E-state index contributed by atoms with van der Waals surface area (Å²) in [5.41, 5.74) is 2.31. The van der Waals surface area contributed by atoms with Crippen LogP contribution in [-0.4, -0.2) is 30.8 Å². The topological polar surface area (TPSA) is 83.8 Å². The molecule has 2 N–H and O–H groups in total. The van der Waals surface area contributed by atoms with Crippen molar-refractivity contribution >= 4 is 17.0 Å². The summed E-state index contributed by atoms with van der Waals surface area (Å²) in [6, 6.07) is 3.66. The third kappa shape index (κ3) is 1.39. The second kappa shape index (κ2) is 3.69. The molecule has 0 aliphatic heterocycles. The Hall–Kier alpha value is -2.63. The standard InChI is InChI=1S/C12H10N4O2/c1-16-10(12(17)18)9(6-15-16)7-2-4-13-11-8(7)3-5-14-11/h2-6H,1H3,(H,13,14)(H,17,18). The van der Waals surface area contributed by atoms with Crippen molar-refractivity contribution in [2.75, 3.05) is 0 Å². The molecule has 0 amide bonds. The second-order valence-electron chi connectivity index (χ2n) is 3.93. The summed E-state index contributed by atoms with van der Waals surface area (Å²) in [6.07, 6.45) is 4.98. The van der Waals surface area contributed by atoms with Crippen molar-refractivity contribution in [1.82, 2.24) is 19.7 Å². The first-order chi connectivity index (χ1) is 8.68. The Kier molecular flexibility index (Phi) is 2.16. The largest absolute Gasteiger partial charge is 0.477 e. The first-order valence-corrected chi connectivity index (χ1v) is 5.36. The molecule has 18 heavy (non-hydrogen) atoms. The number of aromatic carboxylic acids is 1. The Bertz CT molecular complexity index is 741. The summed E-state index contributed by atoms with van der Waals surface area (Å²) < 4.78 is 1.36. The van der Waals surface area contributed by atoms with Crippen LogP contribution in [0.3, 0.4) is 0 Å². The normalized spacial score (nSPS) is 10.9. The monoisotopic (exact) mass is 242 g/mol. The number of fused-ring (bicyclic) bond motifs is 1. The van der Waals surface area contributed by atoms with E-state index in [1.54, 1.807) is 31.7 Å². The molecule has 0 fully saturated rings. The van der Waals surface area contributed by atoms with E-state index in [0.717, 1.165) is 16.6 Å². The van der Waals surface area contributed by atoms with Gasteiger partial charge in [-0.25, -0.2) is 9.78 Å². The molecule has 0 aromatic carbocycles. The number of hydrogen-bond acceptors (Lipinski definition) is 3. The zero-order valence-electron chi connectivity index (χ0n) is 9.58. The minimum atomic E-state index is -0.995. The van der Waals surface area contributed by atoms with Crippen LogP contribution in [0.4, 0.5) is 0 Å². The Morgan fingerprint density at radius 2 is 2.22 bits per heavy atom. The van der Waals surface area contributed by atoms with Crippen molar-refractivity contribution in [2.24, 2.45) is 7.05 Å². The van der Waals surface area contributed by atoms with Gasteiger partial charge in [0.1, 0.15) is 5.65 Å². The Labute approximate surface area is 102 Å². The van der Waals surface area contributed by atoms with Crippen LogP contribution in [0, 0.1) is 0 Å². The fourth-order valence-corrected chi connectivity index (χ4v) is 2.08. The highest BCUT2D eigenvalue weighted by Gasteiger charge is 2.18. The number of aromatic amines is 1. The van der Waals surface area contributed by atoms with Crippen molar-refractivity contribution in [3.8, 4) is 11.1 Å². The molecule has 3 aromatic heterocycles. The molecule has 0 aliphatic carbocycles. The van der Waals surface area contributed by atoms with Gasteiger partial charge in [0, 0.05) is 30.4 Å². The van der Waals surface area contributed by atoms with E-state index in [4.69, 9.17) is 0 Å². The van der Waals surface area contributed by atoms with E-state index in [9.17, 15) is 9.90 Å². The van der Waals surface area contributed by atoms with E-state index < -0.39 is 5.97 Å². The van der Waals surface area contributed by atoms with Crippen molar-refractivity contribution in [2.45, 2.75) is 0 Å². The van der Waals surface area contributed by atoms with E-state index >= 15 is 0 Å². The molecule has 0 saturated carbocycles. The number of aromatic nitrogens is 4. The van der Waals surface area contributed by atoms with Crippen LogP contribution < -0.4 is 0 Å². The average molecular weight is 242 g/mol. The molecule has 6 nitrogen and oxygen atoms in total. The van der Waals surface area contributed by atoms with Gasteiger partial charge in [-0.2, -0.15) is 5.10 Å². The molecule has 0 spiro atoms. The minimum Gasteiger partial charge on any atom is -0.477 e. The van der Waals surface area contributed by atoms with Crippen molar-refractivity contribution < 1.29 is 9.90 Å². The lowest BCUT2D eigenvalue weighted by Gasteiger charge is -2.03. The Morgan fingerprint density at radius 3 is 3.00 bits per heavy atom. The molecule has 0 radical (unpaired) electrons. The van der Waals surface area contributed by atoms with E-state index in [2.05, 4.69) is 15.1 Å². The Morgan fingerprint density at radius 1 is 1.39 bits per heavy atom. The number of carboxylic acid groups (broad SMARTS) is 1. The summed E-state index contributed by atoms with van der Waals surface area (Å²) in [4.78, 5) is 18.4. The molecule has 0 atom stereocenters. The van der Waals surface area contributed by atoms with Gasteiger partial charge in [0.25, 0.3) is 0 Å². The number of carbonyl (C=O) groups is 1. The number of hydrogen-bond donors (Lipinski definition) is 2. The lowest BCUT2D eigenvalue weighted by atomic mass is 10.0. The van der Waals surface area contributed by atoms with E-state index in [1.807, 2.05) is 6.07 Å². The van der Waals surface area contributed by atoms with E-state index in [0.29, 0.717) is 5.56 Å². The molecule has 90 valence electrons. The lowest BCUT2D eigenvalue weighted by Crippen LogP contribution is -2.06. The smallest absolute Gasteiger partial charge is 0.354 e. The SMILES string of the molecule is Cn1ncc(-c2ccnc3[nH]ccc23)c1C(=O)O. The second-order valence-corrected chi connectivity index (χ2v) is 3.93. The zero-order chi connectivity index (χ0) is 12.7. The molecule has 0 bridgehead atoms. The molecule has 3 heterocycles. The molecule has 0 aliphatic rings. The third-order valence-corrected chi connectivity index (χ3v) is 2.89. The van der Waals surface area contributed by atoms with Gasteiger partial charge in [0.2, 0.25) is 0 Å². The number of H-pyrrole nitrogens is 1. The first-order valence-electron chi connectivity index (χ1n) is 5.36. The van der Waals surface area contributed by atoms with Crippen LogP contribution in [-0.2, 0) is 7.05 Å². The average Bonchev–Trinajstić information content (AvgIpc) is 2.94. The van der Waals surface area contributed by atoms with Gasteiger partial charge in [-0.05, 0) is 17.7 Å². The van der Waals surface area contributed by atoms with Gasteiger partial charge in [-0.1, -0.05) is 0 Å². The molecular weight excluding hydrogens is 232 g/mol. The number of nitrogens with zero attached hydrogens (tertiary/aromatic N) is 3. The fourth-order valence-electron chi connectivity index (χ4n) is 2.08.